The maximum atomic E-state index is 13.4. The zero-order valence-electron chi connectivity index (χ0n) is 19.0. The highest BCUT2D eigenvalue weighted by atomic mass is 35.5. The van der Waals surface area contributed by atoms with E-state index >= 15 is 0 Å². The number of likely N-dealkylation sites (tertiary alicyclic amines) is 1. The molecule has 1 heterocycles. The molecule has 0 aromatic heterocycles. The maximum Gasteiger partial charge on any atom is 0.244 e. The van der Waals surface area contributed by atoms with Crippen LogP contribution in [-0.4, -0.2) is 50.8 Å². The summed E-state index contributed by atoms with van der Waals surface area (Å²) < 4.78 is 34.6. The van der Waals surface area contributed by atoms with Crippen LogP contribution in [0.25, 0.3) is 0 Å². The van der Waals surface area contributed by atoms with E-state index in [2.05, 4.69) is 11.6 Å². The molecule has 0 bridgehead atoms. The Kier molecular flexibility index (Phi) is 8.42. The molecule has 1 amide bonds. The second-order valence-corrected chi connectivity index (χ2v) is 11.0. The fourth-order valence-electron chi connectivity index (χ4n) is 4.17. The summed E-state index contributed by atoms with van der Waals surface area (Å²) in [4.78, 5) is 15.2. The molecule has 2 unspecified atom stereocenters. The lowest BCUT2D eigenvalue weighted by Gasteiger charge is -2.33. The van der Waals surface area contributed by atoms with Gasteiger partial charge in [0.25, 0.3) is 0 Å². The maximum absolute atomic E-state index is 13.4. The summed E-state index contributed by atoms with van der Waals surface area (Å²) in [7, 11) is -2.54. The number of alkyl halides is 1. The van der Waals surface area contributed by atoms with E-state index in [1.807, 2.05) is 31.2 Å². The van der Waals surface area contributed by atoms with Gasteiger partial charge in [-0.05, 0) is 62.1 Å². The summed E-state index contributed by atoms with van der Waals surface area (Å²) in [5.74, 6) is 0.703. The minimum Gasteiger partial charge on any atom is -0.495 e. The standard InChI is InChI=1S/C24H33ClN2O4S/c1-17-12-14-27(15-13-17)24(28)21(10-9-19-6-4-5-7-20(19)25)26-32(29,30)23-16-18(2)8-11-22(23)31-3/h4-8,11,16-17,19-21,26H,9-10,12-15H2,1-3H3/t19-,20?,21?/m1/s1. The van der Waals surface area contributed by atoms with Crippen molar-refractivity contribution in [3.8, 4) is 5.75 Å². The number of ether oxygens (including phenoxy) is 1. The van der Waals surface area contributed by atoms with Crippen LogP contribution < -0.4 is 9.46 Å². The molecule has 1 aliphatic carbocycles. The van der Waals surface area contributed by atoms with Gasteiger partial charge in [0.1, 0.15) is 16.7 Å². The second kappa shape index (κ2) is 10.9. The van der Waals surface area contributed by atoms with E-state index in [1.165, 1.54) is 7.11 Å². The van der Waals surface area contributed by atoms with Gasteiger partial charge in [0.2, 0.25) is 15.9 Å². The van der Waals surface area contributed by atoms with E-state index in [4.69, 9.17) is 16.3 Å². The highest BCUT2D eigenvalue weighted by Crippen LogP contribution is 2.28. The van der Waals surface area contributed by atoms with E-state index in [-0.39, 0.29) is 27.8 Å². The predicted molar refractivity (Wildman–Crippen MR) is 127 cm³/mol. The van der Waals surface area contributed by atoms with Gasteiger partial charge in [-0.1, -0.05) is 37.3 Å². The first kappa shape index (κ1) is 24.8. The van der Waals surface area contributed by atoms with Crippen LogP contribution in [0.5, 0.6) is 5.75 Å². The number of methoxy groups -OCH3 is 1. The molecule has 0 saturated carbocycles. The number of nitrogens with zero attached hydrogens (tertiary/aromatic N) is 1. The van der Waals surface area contributed by atoms with Crippen molar-refractivity contribution < 1.29 is 17.9 Å². The molecule has 8 heteroatoms. The number of carbonyl (C=O) groups is 1. The van der Waals surface area contributed by atoms with Gasteiger partial charge in [0.15, 0.2) is 0 Å². The third kappa shape index (κ3) is 6.15. The van der Waals surface area contributed by atoms with Crippen molar-refractivity contribution in [2.24, 2.45) is 11.8 Å². The number of allylic oxidation sites excluding steroid dienone is 4. The third-order valence-electron chi connectivity index (χ3n) is 6.26. The first-order valence-corrected chi connectivity index (χ1v) is 13.1. The van der Waals surface area contributed by atoms with Gasteiger partial charge in [-0.3, -0.25) is 4.79 Å². The Hall–Kier alpha value is -1.83. The van der Waals surface area contributed by atoms with Crippen LogP contribution in [0.1, 0.15) is 38.2 Å². The Labute approximate surface area is 196 Å². The van der Waals surface area contributed by atoms with Crippen LogP contribution in [0.2, 0.25) is 0 Å². The molecule has 1 aromatic carbocycles. The van der Waals surface area contributed by atoms with Crippen LogP contribution in [0.15, 0.2) is 47.4 Å². The van der Waals surface area contributed by atoms with E-state index < -0.39 is 16.1 Å². The Bertz CT molecular complexity index is 968. The van der Waals surface area contributed by atoms with Crippen LogP contribution in [-0.2, 0) is 14.8 Å². The molecule has 176 valence electrons. The van der Waals surface area contributed by atoms with E-state index in [9.17, 15) is 13.2 Å². The normalized spacial score (nSPS) is 22.7. The van der Waals surface area contributed by atoms with Crippen molar-refractivity contribution in [1.29, 1.82) is 0 Å². The molecule has 2 aliphatic rings. The van der Waals surface area contributed by atoms with Crippen molar-refractivity contribution in [2.45, 2.75) is 55.8 Å². The lowest BCUT2D eigenvalue weighted by Crippen LogP contribution is -2.50. The Morgan fingerprint density at radius 3 is 2.59 bits per heavy atom. The Morgan fingerprint density at radius 1 is 1.25 bits per heavy atom. The summed E-state index contributed by atoms with van der Waals surface area (Å²) >= 11 is 6.41. The lowest BCUT2D eigenvalue weighted by atomic mass is 9.92. The number of hydrogen-bond acceptors (Lipinski definition) is 4. The molecule has 1 N–H and O–H groups in total. The molecule has 1 saturated heterocycles. The molecule has 3 atom stereocenters. The average molecular weight is 481 g/mol. The summed E-state index contributed by atoms with van der Waals surface area (Å²) in [6.07, 6.45) is 10.6. The first-order valence-electron chi connectivity index (χ1n) is 11.2. The molecule has 32 heavy (non-hydrogen) atoms. The quantitative estimate of drug-likeness (QED) is 0.570. The molecule has 1 aliphatic heterocycles. The number of carbonyl (C=O) groups excluding carboxylic acids is 1. The SMILES string of the molecule is COc1ccc(C)cc1S(=O)(=O)NC(CC[C@H]1C=CC=CC1Cl)C(=O)N1CCC(C)CC1. The van der Waals surface area contributed by atoms with Crippen molar-refractivity contribution in [2.75, 3.05) is 20.2 Å². The van der Waals surface area contributed by atoms with Crippen LogP contribution in [0.4, 0.5) is 0 Å². The van der Waals surface area contributed by atoms with Crippen molar-refractivity contribution >= 4 is 27.5 Å². The molecule has 0 spiro atoms. The first-order chi connectivity index (χ1) is 15.2. The van der Waals surface area contributed by atoms with Crippen LogP contribution in [0.3, 0.4) is 0 Å². The van der Waals surface area contributed by atoms with Gasteiger partial charge < -0.3 is 9.64 Å². The van der Waals surface area contributed by atoms with Crippen molar-refractivity contribution in [1.82, 2.24) is 9.62 Å². The molecule has 1 fully saturated rings. The summed E-state index contributed by atoms with van der Waals surface area (Å²) in [6, 6.07) is 4.12. The largest absolute Gasteiger partial charge is 0.495 e. The summed E-state index contributed by atoms with van der Waals surface area (Å²) in [5.41, 5.74) is 0.795. The van der Waals surface area contributed by atoms with Gasteiger partial charge in [-0.2, -0.15) is 4.72 Å². The highest BCUT2D eigenvalue weighted by molar-refractivity contribution is 7.89. The summed E-state index contributed by atoms with van der Waals surface area (Å²) in [6.45, 7) is 5.29. The third-order valence-corrected chi connectivity index (χ3v) is 8.22. The number of nitrogens with one attached hydrogen (secondary N) is 1. The average Bonchev–Trinajstić information content (AvgIpc) is 2.77. The van der Waals surface area contributed by atoms with Crippen molar-refractivity contribution in [3.63, 3.8) is 0 Å². The predicted octanol–water partition coefficient (Wildman–Crippen LogP) is 4.04. The van der Waals surface area contributed by atoms with Crippen LogP contribution in [0, 0.1) is 18.8 Å². The topological polar surface area (TPSA) is 75.7 Å². The zero-order chi connectivity index (χ0) is 23.3. The van der Waals surface area contributed by atoms with Gasteiger partial charge >= 0.3 is 0 Å². The number of halogens is 1. The van der Waals surface area contributed by atoms with E-state index in [1.54, 1.807) is 23.1 Å². The number of benzene rings is 1. The molecule has 3 rings (SSSR count). The molecule has 1 aromatic rings. The van der Waals surface area contributed by atoms with Crippen molar-refractivity contribution in [3.05, 3.63) is 48.1 Å². The minimum atomic E-state index is -3.97. The number of amides is 1. The number of piperidine rings is 1. The fourth-order valence-corrected chi connectivity index (χ4v) is 5.94. The number of rotatable bonds is 8. The smallest absolute Gasteiger partial charge is 0.244 e. The number of sulfonamides is 1. The summed E-state index contributed by atoms with van der Waals surface area (Å²) in [5, 5.41) is -0.167. The highest BCUT2D eigenvalue weighted by Gasteiger charge is 2.33. The molecular weight excluding hydrogens is 448 g/mol. The monoisotopic (exact) mass is 480 g/mol. The van der Waals surface area contributed by atoms with Gasteiger partial charge in [-0.25, -0.2) is 8.42 Å². The van der Waals surface area contributed by atoms with Gasteiger partial charge in [0, 0.05) is 13.1 Å². The molecular formula is C24H33ClN2O4S. The van der Waals surface area contributed by atoms with Gasteiger partial charge in [-0.15, -0.1) is 11.6 Å². The number of hydrogen-bond donors (Lipinski definition) is 1. The molecule has 0 radical (unpaired) electrons. The van der Waals surface area contributed by atoms with Gasteiger partial charge in [0.05, 0.1) is 12.5 Å². The lowest BCUT2D eigenvalue weighted by molar-refractivity contribution is -0.134. The second-order valence-electron chi connectivity index (χ2n) is 8.79. The molecule has 6 nitrogen and oxygen atoms in total. The van der Waals surface area contributed by atoms with Crippen LogP contribution >= 0.6 is 11.6 Å². The Morgan fingerprint density at radius 2 is 1.94 bits per heavy atom. The zero-order valence-corrected chi connectivity index (χ0v) is 20.5. The Balaban J connectivity index is 1.82. The fraction of sp³-hybridized carbons (Fsp3) is 0.542. The minimum absolute atomic E-state index is 0.0424. The number of aryl methyl sites for hydroxylation is 1. The van der Waals surface area contributed by atoms with E-state index in [0.717, 1.165) is 18.4 Å². The van der Waals surface area contributed by atoms with E-state index in [0.29, 0.717) is 31.8 Å².